The van der Waals surface area contributed by atoms with Gasteiger partial charge in [-0.25, -0.2) is 8.42 Å². The minimum atomic E-state index is -4.81. The highest BCUT2D eigenvalue weighted by Gasteiger charge is 2.31. The van der Waals surface area contributed by atoms with Gasteiger partial charge in [0.15, 0.2) is 15.7 Å². The smallest absolute Gasteiger partial charge is 0.406 e. The highest BCUT2D eigenvalue weighted by Crippen LogP contribution is 2.30. The molecule has 0 atom stereocenters. The number of rotatable bonds is 9. The van der Waals surface area contributed by atoms with Crippen molar-refractivity contribution in [1.29, 1.82) is 0 Å². The van der Waals surface area contributed by atoms with E-state index in [1.807, 2.05) is 0 Å². The third kappa shape index (κ3) is 6.98. The van der Waals surface area contributed by atoms with E-state index in [1.54, 1.807) is 47.1 Å². The van der Waals surface area contributed by atoms with E-state index in [-0.39, 0.29) is 29.6 Å². The topological polar surface area (TPSA) is 145 Å². The van der Waals surface area contributed by atoms with Gasteiger partial charge in [-0.2, -0.15) is 10.3 Å². The van der Waals surface area contributed by atoms with E-state index in [0.717, 1.165) is 11.8 Å². The van der Waals surface area contributed by atoms with Crippen LogP contribution in [-0.4, -0.2) is 57.3 Å². The Hall–Kier alpha value is -5.05. The molecule has 0 fully saturated rings. The molecule has 0 saturated carbocycles. The number of nitrogens with zero attached hydrogens (tertiary/aromatic N) is 5. The molecule has 0 spiro atoms. The van der Waals surface area contributed by atoms with Crippen molar-refractivity contribution in [2.24, 2.45) is 0 Å². The number of H-pyrrole nitrogens is 1. The lowest BCUT2D eigenvalue weighted by Crippen LogP contribution is -2.23. The number of halogens is 3. The summed E-state index contributed by atoms with van der Waals surface area (Å²) in [4.78, 5) is 12.6. The van der Waals surface area contributed by atoms with Gasteiger partial charge in [-0.15, -0.1) is 23.4 Å². The molecule has 11 nitrogen and oxygen atoms in total. The van der Waals surface area contributed by atoms with E-state index >= 15 is 0 Å². The number of amides is 1. The zero-order valence-corrected chi connectivity index (χ0v) is 22.6. The van der Waals surface area contributed by atoms with Crippen LogP contribution in [0.25, 0.3) is 22.5 Å². The Labute approximate surface area is 237 Å². The van der Waals surface area contributed by atoms with Crippen molar-refractivity contribution in [3.63, 3.8) is 0 Å². The first-order chi connectivity index (χ1) is 19.9. The summed E-state index contributed by atoms with van der Waals surface area (Å²) in [7, 11) is -3.40. The fourth-order valence-electron chi connectivity index (χ4n) is 4.06. The average Bonchev–Trinajstić information content (AvgIpc) is 3.62. The van der Waals surface area contributed by atoms with Gasteiger partial charge in [0, 0.05) is 17.4 Å². The zero-order valence-electron chi connectivity index (χ0n) is 21.8. The Morgan fingerprint density at radius 1 is 0.976 bits per heavy atom. The number of hydrogen-bond acceptors (Lipinski definition) is 8. The lowest BCUT2D eigenvalue weighted by Gasteiger charge is -2.10. The standard InChI is InChI=1S/C27H22F3N7O4S/c1-42(39,40)22-12-8-19(9-13-22)24-14-23(18-6-10-21(11-7-18)41-27(28,29)30)34-37(24)16-17-2-4-20(5-3-17)26(38)31-15-25-32-35-36-33-25/h2-14H,15-16H2,1H3,(H,31,38)(H,32,33,35,36). The van der Waals surface area contributed by atoms with Crippen LogP contribution in [0.4, 0.5) is 13.2 Å². The number of aromatic amines is 1. The first kappa shape index (κ1) is 28.5. The SMILES string of the molecule is CS(=O)(=O)c1ccc(-c2cc(-c3ccc(OC(F)(F)F)cc3)nn2Cc2ccc(C(=O)NCc3nn[nH]n3)cc2)cc1. The minimum Gasteiger partial charge on any atom is -0.406 e. The number of tetrazole rings is 1. The molecular formula is C27H22F3N7O4S. The molecule has 0 unspecified atom stereocenters. The molecule has 5 aromatic rings. The predicted octanol–water partition coefficient (Wildman–Crippen LogP) is 4.01. The van der Waals surface area contributed by atoms with E-state index in [1.165, 1.54) is 36.4 Å². The van der Waals surface area contributed by atoms with Gasteiger partial charge in [-0.05, 0) is 65.7 Å². The second kappa shape index (κ2) is 11.4. The Kier molecular flexibility index (Phi) is 7.76. The van der Waals surface area contributed by atoms with E-state index in [0.29, 0.717) is 33.9 Å². The number of carbonyl (C=O) groups excluding carboxylic acids is 1. The van der Waals surface area contributed by atoms with Crippen molar-refractivity contribution in [1.82, 2.24) is 35.7 Å². The fourth-order valence-corrected chi connectivity index (χ4v) is 4.69. The van der Waals surface area contributed by atoms with Crippen molar-refractivity contribution < 1.29 is 31.1 Å². The van der Waals surface area contributed by atoms with Crippen molar-refractivity contribution in [2.45, 2.75) is 24.3 Å². The van der Waals surface area contributed by atoms with E-state index in [4.69, 9.17) is 0 Å². The molecule has 0 aliphatic rings. The van der Waals surface area contributed by atoms with Gasteiger partial charge in [-0.1, -0.05) is 29.5 Å². The summed E-state index contributed by atoms with van der Waals surface area (Å²) >= 11 is 0. The largest absolute Gasteiger partial charge is 0.573 e. The molecule has 2 aromatic heterocycles. The summed E-state index contributed by atoms with van der Waals surface area (Å²) in [6.07, 6.45) is -3.69. The summed E-state index contributed by atoms with van der Waals surface area (Å²) in [5.41, 5.74) is 3.57. The average molecular weight is 598 g/mol. The summed E-state index contributed by atoms with van der Waals surface area (Å²) in [5.74, 6) is -0.338. The van der Waals surface area contributed by atoms with E-state index < -0.39 is 16.2 Å². The number of carbonyl (C=O) groups is 1. The van der Waals surface area contributed by atoms with Gasteiger partial charge in [0.2, 0.25) is 0 Å². The molecule has 15 heteroatoms. The molecule has 0 radical (unpaired) electrons. The third-order valence-corrected chi connectivity index (χ3v) is 7.22. The van der Waals surface area contributed by atoms with Gasteiger partial charge >= 0.3 is 6.36 Å². The Bertz CT molecular complexity index is 1790. The van der Waals surface area contributed by atoms with Crippen LogP contribution in [0.2, 0.25) is 0 Å². The normalized spacial score (nSPS) is 11.8. The molecule has 1 amide bonds. The van der Waals surface area contributed by atoms with Crippen LogP contribution in [0.1, 0.15) is 21.7 Å². The first-order valence-corrected chi connectivity index (χ1v) is 14.2. The lowest BCUT2D eigenvalue weighted by atomic mass is 10.1. The number of alkyl halides is 3. The Morgan fingerprint density at radius 3 is 2.24 bits per heavy atom. The third-order valence-electron chi connectivity index (χ3n) is 6.09. The predicted molar refractivity (Wildman–Crippen MR) is 144 cm³/mol. The molecule has 0 bridgehead atoms. The fraction of sp³-hybridized carbons (Fsp3) is 0.148. The zero-order chi connectivity index (χ0) is 29.9. The lowest BCUT2D eigenvalue weighted by molar-refractivity contribution is -0.274. The van der Waals surface area contributed by atoms with E-state index in [9.17, 15) is 26.4 Å². The van der Waals surface area contributed by atoms with Crippen LogP contribution < -0.4 is 10.1 Å². The summed E-state index contributed by atoms with van der Waals surface area (Å²) in [5, 5.41) is 20.7. The van der Waals surface area contributed by atoms with Crippen LogP contribution in [0, 0.1) is 0 Å². The molecule has 2 heterocycles. The molecule has 42 heavy (non-hydrogen) atoms. The maximum Gasteiger partial charge on any atom is 0.573 e. The molecule has 216 valence electrons. The van der Waals surface area contributed by atoms with Gasteiger partial charge in [0.1, 0.15) is 5.75 Å². The quantitative estimate of drug-likeness (QED) is 0.259. The summed E-state index contributed by atoms with van der Waals surface area (Å²) < 4.78 is 67.2. The number of nitrogens with one attached hydrogen (secondary N) is 2. The number of aromatic nitrogens is 6. The molecular weight excluding hydrogens is 575 g/mol. The molecule has 5 rings (SSSR count). The van der Waals surface area contributed by atoms with E-state index in [2.05, 4.69) is 35.8 Å². The van der Waals surface area contributed by atoms with Crippen LogP contribution in [-0.2, 0) is 22.9 Å². The second-order valence-electron chi connectivity index (χ2n) is 9.15. The molecule has 2 N–H and O–H groups in total. The van der Waals surface area contributed by atoms with Crippen molar-refractivity contribution in [3.05, 3.63) is 95.8 Å². The number of ether oxygens (including phenoxy) is 1. The van der Waals surface area contributed by atoms with Crippen molar-refractivity contribution >= 4 is 15.7 Å². The molecule has 3 aromatic carbocycles. The van der Waals surface area contributed by atoms with Gasteiger partial charge in [-0.3, -0.25) is 9.48 Å². The second-order valence-corrected chi connectivity index (χ2v) is 11.2. The molecule has 0 aliphatic carbocycles. The van der Waals surface area contributed by atoms with Crippen molar-refractivity contribution in [2.75, 3.05) is 6.26 Å². The Balaban J connectivity index is 1.41. The van der Waals surface area contributed by atoms with Gasteiger partial charge in [0.25, 0.3) is 5.91 Å². The maximum atomic E-state index is 12.6. The summed E-state index contributed by atoms with van der Waals surface area (Å²) in [6, 6.07) is 20.2. The van der Waals surface area contributed by atoms with Crippen LogP contribution >= 0.6 is 0 Å². The maximum absolute atomic E-state index is 12.6. The number of benzene rings is 3. The number of sulfone groups is 1. The molecule has 0 aliphatic heterocycles. The van der Waals surface area contributed by atoms with Gasteiger partial charge in [0.05, 0.1) is 29.4 Å². The van der Waals surface area contributed by atoms with Crippen LogP contribution in [0.15, 0.2) is 83.8 Å². The minimum absolute atomic E-state index is 0.109. The first-order valence-electron chi connectivity index (χ1n) is 12.3. The van der Waals surface area contributed by atoms with Crippen LogP contribution in [0.5, 0.6) is 5.75 Å². The highest BCUT2D eigenvalue weighted by molar-refractivity contribution is 7.90. The monoisotopic (exact) mass is 597 g/mol. The highest BCUT2D eigenvalue weighted by atomic mass is 32.2. The van der Waals surface area contributed by atoms with Crippen molar-refractivity contribution in [3.8, 4) is 28.3 Å². The summed E-state index contributed by atoms with van der Waals surface area (Å²) in [6.45, 7) is 0.390. The molecule has 0 saturated heterocycles. The van der Waals surface area contributed by atoms with Gasteiger partial charge < -0.3 is 10.1 Å². The Morgan fingerprint density at radius 2 is 1.64 bits per heavy atom. The van der Waals surface area contributed by atoms with Crippen LogP contribution in [0.3, 0.4) is 0 Å². The number of hydrogen-bond donors (Lipinski definition) is 2.